The first-order valence-corrected chi connectivity index (χ1v) is 14.6. The van der Waals surface area contributed by atoms with E-state index in [1.807, 2.05) is 30.5 Å². The number of H-pyrrole nitrogens is 1. The van der Waals surface area contributed by atoms with Gasteiger partial charge in [0.25, 0.3) is 5.91 Å². The van der Waals surface area contributed by atoms with Crippen LogP contribution in [-0.4, -0.2) is 64.4 Å². The Labute approximate surface area is 236 Å². The van der Waals surface area contributed by atoms with Crippen LogP contribution in [0.1, 0.15) is 61.0 Å². The Bertz CT molecular complexity index is 1510. The molecule has 2 aromatic carbocycles. The standard InChI is InChI=1S/C33H39N5O2/c1-22-5-4-17-38(22)33(2)14-12-23-6-11-26(19-27(23)13-15-33)28-20-29-30(36-37-31(29)35-21-28)24-7-9-25(10-8-24)32(39)34-16-18-40-3/h6-11,19-22H,4-5,12-18H2,1-3H3,(H,34,39)(H,35,36,37)/t22-,33?/m1/s1. The van der Waals surface area contributed by atoms with Crippen LogP contribution in [0.4, 0.5) is 0 Å². The smallest absolute Gasteiger partial charge is 0.251 e. The molecule has 7 heteroatoms. The van der Waals surface area contributed by atoms with Gasteiger partial charge in [-0.15, -0.1) is 0 Å². The van der Waals surface area contributed by atoms with Gasteiger partial charge in [0.05, 0.1) is 6.61 Å². The number of likely N-dealkylation sites (tertiary alicyclic amines) is 1. The van der Waals surface area contributed by atoms with Crippen LogP contribution in [0, 0.1) is 0 Å². The van der Waals surface area contributed by atoms with Gasteiger partial charge in [-0.25, -0.2) is 4.98 Å². The summed E-state index contributed by atoms with van der Waals surface area (Å²) in [6, 6.07) is 17.4. The molecule has 1 aliphatic carbocycles. The highest BCUT2D eigenvalue weighted by Gasteiger charge is 2.38. The van der Waals surface area contributed by atoms with Crippen LogP contribution >= 0.6 is 0 Å². The molecule has 208 valence electrons. The number of amides is 1. The third kappa shape index (κ3) is 5.16. The van der Waals surface area contributed by atoms with E-state index < -0.39 is 0 Å². The van der Waals surface area contributed by atoms with E-state index >= 15 is 0 Å². The average Bonchev–Trinajstić information content (AvgIpc) is 3.57. The number of benzene rings is 2. The molecule has 1 saturated heterocycles. The molecular weight excluding hydrogens is 498 g/mol. The molecule has 4 aromatic rings. The molecule has 0 radical (unpaired) electrons. The van der Waals surface area contributed by atoms with Crippen molar-refractivity contribution in [2.75, 3.05) is 26.8 Å². The minimum Gasteiger partial charge on any atom is -0.383 e. The van der Waals surface area contributed by atoms with E-state index in [1.165, 1.54) is 48.9 Å². The topological polar surface area (TPSA) is 83.1 Å². The number of pyridine rings is 1. The van der Waals surface area contributed by atoms with Gasteiger partial charge in [-0.2, -0.15) is 5.10 Å². The Morgan fingerprint density at radius 1 is 1.07 bits per heavy atom. The van der Waals surface area contributed by atoms with Crippen molar-refractivity contribution < 1.29 is 9.53 Å². The number of fused-ring (bicyclic) bond motifs is 2. The summed E-state index contributed by atoms with van der Waals surface area (Å²) < 4.78 is 5.01. The third-order valence-corrected chi connectivity index (χ3v) is 9.08. The number of aromatic nitrogens is 3. The molecule has 2 N–H and O–H groups in total. The predicted molar refractivity (Wildman–Crippen MR) is 159 cm³/mol. The van der Waals surface area contributed by atoms with Crippen molar-refractivity contribution in [2.45, 2.75) is 64.0 Å². The molecule has 1 amide bonds. The highest BCUT2D eigenvalue weighted by Crippen LogP contribution is 2.38. The number of aryl methyl sites for hydroxylation is 2. The van der Waals surface area contributed by atoms with Crippen LogP contribution in [0.3, 0.4) is 0 Å². The van der Waals surface area contributed by atoms with E-state index in [9.17, 15) is 4.79 Å². The van der Waals surface area contributed by atoms with Crippen molar-refractivity contribution in [1.29, 1.82) is 0 Å². The number of methoxy groups -OCH3 is 1. The SMILES string of the molecule is COCCNC(=O)c1ccc(-c2n[nH]c3ncc(-c4ccc5c(c4)CCC(C)(N4CCC[C@H]4C)CC5)cc23)cc1. The fourth-order valence-corrected chi connectivity index (χ4v) is 6.67. The van der Waals surface area contributed by atoms with Gasteiger partial charge < -0.3 is 10.1 Å². The maximum atomic E-state index is 12.4. The highest BCUT2D eigenvalue weighted by atomic mass is 16.5. The van der Waals surface area contributed by atoms with Crippen LogP contribution < -0.4 is 5.32 Å². The summed E-state index contributed by atoms with van der Waals surface area (Å²) in [5.41, 5.74) is 8.67. The molecule has 1 aliphatic heterocycles. The molecule has 6 rings (SSSR count). The molecule has 0 bridgehead atoms. The van der Waals surface area contributed by atoms with Crippen molar-refractivity contribution in [3.63, 3.8) is 0 Å². The minimum absolute atomic E-state index is 0.113. The zero-order chi connectivity index (χ0) is 27.7. The number of nitrogens with zero attached hydrogens (tertiary/aromatic N) is 3. The summed E-state index contributed by atoms with van der Waals surface area (Å²) in [5.74, 6) is -0.113. The van der Waals surface area contributed by atoms with Gasteiger partial charge in [-0.3, -0.25) is 14.8 Å². The summed E-state index contributed by atoms with van der Waals surface area (Å²) >= 11 is 0. The number of aromatic amines is 1. The van der Waals surface area contributed by atoms with Crippen molar-refractivity contribution in [3.8, 4) is 22.4 Å². The van der Waals surface area contributed by atoms with Crippen molar-refractivity contribution >= 4 is 16.9 Å². The van der Waals surface area contributed by atoms with E-state index in [4.69, 9.17) is 9.72 Å². The van der Waals surface area contributed by atoms with E-state index in [1.54, 1.807) is 7.11 Å². The van der Waals surface area contributed by atoms with Gasteiger partial charge in [0, 0.05) is 53.5 Å². The molecule has 2 atom stereocenters. The second-order valence-electron chi connectivity index (χ2n) is 11.7. The fraction of sp³-hybridized carbons (Fsp3) is 0.424. The van der Waals surface area contributed by atoms with Gasteiger partial charge in [0.1, 0.15) is 5.69 Å². The molecule has 40 heavy (non-hydrogen) atoms. The Balaban J connectivity index is 1.24. The van der Waals surface area contributed by atoms with E-state index in [0.29, 0.717) is 24.8 Å². The van der Waals surface area contributed by atoms with Crippen LogP contribution in [0.15, 0.2) is 54.7 Å². The van der Waals surface area contributed by atoms with Crippen LogP contribution in [0.5, 0.6) is 0 Å². The van der Waals surface area contributed by atoms with E-state index in [2.05, 4.69) is 58.5 Å². The summed E-state index contributed by atoms with van der Waals surface area (Å²) in [5, 5.41) is 11.5. The average molecular weight is 538 g/mol. The third-order valence-electron chi connectivity index (χ3n) is 9.08. The zero-order valence-electron chi connectivity index (χ0n) is 23.8. The first-order valence-electron chi connectivity index (χ1n) is 14.6. The van der Waals surface area contributed by atoms with E-state index in [0.717, 1.165) is 40.7 Å². The quantitative estimate of drug-likeness (QED) is 0.230. The molecule has 2 aromatic heterocycles. The van der Waals surface area contributed by atoms with Crippen molar-refractivity contribution in [2.24, 2.45) is 0 Å². The number of hydrogen-bond acceptors (Lipinski definition) is 5. The Kier molecular flexibility index (Phi) is 7.43. The lowest BCUT2D eigenvalue weighted by atomic mass is 9.89. The van der Waals surface area contributed by atoms with Gasteiger partial charge in [0.15, 0.2) is 5.65 Å². The number of ether oxygens (including phenoxy) is 1. The maximum absolute atomic E-state index is 12.4. The number of rotatable bonds is 7. The molecule has 1 fully saturated rings. The molecule has 2 aliphatic rings. The van der Waals surface area contributed by atoms with Gasteiger partial charge in [-0.05, 0) is 93.8 Å². The maximum Gasteiger partial charge on any atom is 0.251 e. The molecule has 7 nitrogen and oxygen atoms in total. The van der Waals surface area contributed by atoms with Gasteiger partial charge >= 0.3 is 0 Å². The largest absolute Gasteiger partial charge is 0.383 e. The van der Waals surface area contributed by atoms with Gasteiger partial charge in [0.2, 0.25) is 0 Å². The molecule has 1 unspecified atom stereocenters. The zero-order valence-corrected chi connectivity index (χ0v) is 23.8. The summed E-state index contributed by atoms with van der Waals surface area (Å²) in [6.45, 7) is 7.09. The minimum atomic E-state index is -0.113. The first kappa shape index (κ1) is 26.7. The summed E-state index contributed by atoms with van der Waals surface area (Å²) in [7, 11) is 1.62. The van der Waals surface area contributed by atoms with Crippen molar-refractivity contribution in [3.05, 3.63) is 71.4 Å². The lowest BCUT2D eigenvalue weighted by Gasteiger charge is -2.41. The first-order chi connectivity index (χ1) is 19.4. The normalized spacial score (nSPS) is 21.3. The Morgan fingerprint density at radius 2 is 1.85 bits per heavy atom. The molecule has 3 heterocycles. The highest BCUT2D eigenvalue weighted by molar-refractivity contribution is 5.96. The number of carbonyl (C=O) groups is 1. The number of carbonyl (C=O) groups excluding carboxylic acids is 1. The molecule has 0 spiro atoms. The van der Waals surface area contributed by atoms with Crippen molar-refractivity contribution in [1.82, 2.24) is 25.4 Å². The Hall–Kier alpha value is -3.55. The number of hydrogen-bond donors (Lipinski definition) is 2. The lowest BCUT2D eigenvalue weighted by molar-refractivity contribution is 0.0821. The Morgan fingerprint density at radius 3 is 2.60 bits per heavy atom. The van der Waals surface area contributed by atoms with E-state index in [-0.39, 0.29) is 11.4 Å². The predicted octanol–water partition coefficient (Wildman–Crippen LogP) is 5.79. The summed E-state index contributed by atoms with van der Waals surface area (Å²) in [6.07, 6.45) is 9.27. The lowest BCUT2D eigenvalue weighted by Crippen LogP contribution is -2.48. The van der Waals surface area contributed by atoms with Crippen LogP contribution in [-0.2, 0) is 17.6 Å². The summed E-state index contributed by atoms with van der Waals surface area (Å²) in [4.78, 5) is 19.9. The van der Waals surface area contributed by atoms with Gasteiger partial charge in [-0.1, -0.05) is 30.3 Å². The molecule has 0 saturated carbocycles. The second kappa shape index (κ2) is 11.1. The second-order valence-corrected chi connectivity index (χ2v) is 11.7. The monoisotopic (exact) mass is 537 g/mol. The van der Waals surface area contributed by atoms with Crippen LogP contribution in [0.2, 0.25) is 0 Å². The fourth-order valence-electron chi connectivity index (χ4n) is 6.67. The molecular formula is C33H39N5O2. The number of nitrogens with one attached hydrogen (secondary N) is 2. The van der Waals surface area contributed by atoms with Crippen LogP contribution in [0.25, 0.3) is 33.4 Å².